The van der Waals surface area contributed by atoms with Crippen LogP contribution < -0.4 is 3.07 Å². The molecule has 0 atom stereocenters. The fraction of sp³-hybridized carbons (Fsp3) is 0.250. The summed E-state index contributed by atoms with van der Waals surface area (Å²) in [5.41, 5.74) is 0. The normalized spacial score (nSPS) is 9.27. The van der Waals surface area contributed by atoms with E-state index in [0.717, 1.165) is 0 Å². The Hall–Kier alpha value is -0.555. The number of hydrogen-bond donors (Lipinski definition) is 0. The number of carbonyl (C=O) groups excluding carboxylic acids is 2. The molecule has 0 saturated heterocycles. The van der Waals surface area contributed by atoms with Gasteiger partial charge in [0, 0.05) is 0 Å². The van der Waals surface area contributed by atoms with E-state index in [2.05, 4.69) is 9.47 Å². The maximum absolute atomic E-state index is 11.2. The van der Waals surface area contributed by atoms with E-state index in [1.165, 1.54) is 20.3 Å². The molecule has 0 aromatic carbocycles. The van der Waals surface area contributed by atoms with Crippen molar-refractivity contribution in [3.8, 4) is 0 Å². The Labute approximate surface area is 102 Å². The van der Waals surface area contributed by atoms with Crippen LogP contribution >= 0.6 is 8.25 Å². The van der Waals surface area contributed by atoms with E-state index < -0.39 is 35.3 Å². The zero-order chi connectivity index (χ0) is 11.4. The Morgan fingerprint density at radius 2 is 1.93 bits per heavy atom. The van der Waals surface area contributed by atoms with Crippen molar-refractivity contribution < 1.29 is 46.8 Å². The number of ether oxygens (including phenoxy) is 2. The fourth-order valence-electron chi connectivity index (χ4n) is 0.995. The van der Waals surface area contributed by atoms with Gasteiger partial charge in [0.15, 0.2) is 0 Å². The van der Waals surface area contributed by atoms with E-state index >= 15 is 0 Å². The summed E-state index contributed by atoms with van der Waals surface area (Å²) in [6.07, 6.45) is 0. The summed E-state index contributed by atoms with van der Waals surface area (Å²) in [6, 6.07) is 1.45. The van der Waals surface area contributed by atoms with Crippen LogP contribution in [0.3, 0.4) is 0 Å². The average molecular weight is 419 g/mol. The van der Waals surface area contributed by atoms with Crippen LogP contribution in [0.25, 0.3) is 0 Å². The van der Waals surface area contributed by atoms with Gasteiger partial charge < -0.3 is 0 Å². The van der Waals surface area contributed by atoms with Crippen LogP contribution in [0.5, 0.6) is 0 Å². The molecule has 0 unspecified atom stereocenters. The van der Waals surface area contributed by atoms with Gasteiger partial charge in [0.25, 0.3) is 0 Å². The fourth-order valence-corrected chi connectivity index (χ4v) is 5.07. The molecule has 0 saturated carbocycles. The van der Waals surface area contributed by atoms with Gasteiger partial charge in [0.2, 0.25) is 0 Å². The van der Waals surface area contributed by atoms with Gasteiger partial charge in [-0.15, -0.1) is 0 Å². The molecule has 1 heterocycles. The minimum absolute atomic E-state index is 0.0199. The van der Waals surface area contributed by atoms with Crippen LogP contribution in [0.2, 0.25) is 0 Å². The van der Waals surface area contributed by atoms with Gasteiger partial charge in [-0.2, -0.15) is 0 Å². The summed E-state index contributed by atoms with van der Waals surface area (Å²) in [7, 11) is 8.26. The van der Waals surface area contributed by atoms with Crippen LogP contribution in [-0.2, 0) is 32.8 Å². The molecule has 0 N–H and O–H groups in total. The van der Waals surface area contributed by atoms with Crippen molar-refractivity contribution in [2.75, 3.05) is 14.2 Å². The van der Waals surface area contributed by atoms with Gasteiger partial charge in [-0.25, -0.2) is 0 Å². The number of methoxy groups -OCH3 is 2. The molecule has 15 heavy (non-hydrogen) atoms. The molecule has 5 nitrogen and oxygen atoms in total. The van der Waals surface area contributed by atoms with Crippen LogP contribution in [0.4, 0.5) is 0 Å². The third-order valence-corrected chi connectivity index (χ3v) is 7.40. The first-order valence-corrected chi connectivity index (χ1v) is 13.5. The number of halogens is 1. The van der Waals surface area contributed by atoms with Gasteiger partial charge in [0.05, 0.1) is 0 Å². The maximum atomic E-state index is 11.2. The van der Waals surface area contributed by atoms with E-state index in [1.54, 1.807) is 0 Å². The van der Waals surface area contributed by atoms with Gasteiger partial charge in [-0.3, -0.25) is 0 Å². The minimum atomic E-state index is -1.85. The number of rotatable bonds is 3. The Morgan fingerprint density at radius 3 is 2.40 bits per heavy atom. The average Bonchev–Trinajstić information content (AvgIpc) is 2.70. The molecule has 78 valence electrons. The van der Waals surface area contributed by atoms with E-state index in [9.17, 15) is 9.59 Å². The Morgan fingerprint density at radius 1 is 1.33 bits per heavy atom. The van der Waals surface area contributed by atoms with E-state index in [4.69, 9.17) is 12.7 Å². The van der Waals surface area contributed by atoms with Crippen molar-refractivity contribution in [1.82, 2.24) is 0 Å². The summed E-state index contributed by atoms with van der Waals surface area (Å²) >= 11 is -1.85. The first-order chi connectivity index (χ1) is 7.13. The van der Waals surface area contributed by atoms with Gasteiger partial charge in [-0.05, 0) is 0 Å². The monoisotopic (exact) mass is 420 g/mol. The van der Waals surface area contributed by atoms with Crippen molar-refractivity contribution in [1.29, 1.82) is 0 Å². The number of esters is 2. The van der Waals surface area contributed by atoms with Gasteiger partial charge in [-0.1, -0.05) is 0 Å². The van der Waals surface area contributed by atoms with E-state index in [1.807, 2.05) is 0 Å². The predicted molar refractivity (Wildman–Crippen MR) is 46.9 cm³/mol. The summed E-state index contributed by atoms with van der Waals surface area (Å²) < 4.78 is 14.6. The molecule has 0 fully saturated rings. The molecule has 7 heteroatoms. The van der Waals surface area contributed by atoms with Crippen LogP contribution in [-0.4, -0.2) is 26.2 Å². The Bertz CT molecular complexity index is 386. The number of hydrogen-bond acceptors (Lipinski definition) is 5. The zero-order valence-electron chi connectivity index (χ0n) is 8.20. The number of carbonyl (C=O) groups is 2. The summed E-state index contributed by atoms with van der Waals surface area (Å²) in [4.78, 5) is 22.3. The first kappa shape index (κ1) is 12.5. The second-order valence-electron chi connectivity index (χ2n) is 2.58. The molecule has 0 radical (unpaired) electrons. The molecule has 0 amide bonds. The third kappa shape index (κ3) is 2.72. The van der Waals surface area contributed by atoms with Crippen LogP contribution in [0.1, 0.15) is 21.1 Å². The van der Waals surface area contributed by atoms with Crippen molar-refractivity contribution in [2.24, 2.45) is 0 Å². The third-order valence-electron chi connectivity index (χ3n) is 1.71. The zero-order valence-corrected chi connectivity index (χ0v) is 14.5. The second kappa shape index (κ2) is 5.51. The molecule has 0 bridgehead atoms. The van der Waals surface area contributed by atoms with Crippen LogP contribution in [0.15, 0.2) is 10.5 Å². The molecule has 0 aliphatic carbocycles. The summed E-state index contributed by atoms with van der Waals surface area (Å²) in [5.74, 6) is -1.26. The van der Waals surface area contributed by atoms with Crippen molar-refractivity contribution >= 4 is 23.3 Å². The van der Waals surface area contributed by atoms with Gasteiger partial charge in [0.1, 0.15) is 0 Å². The van der Waals surface area contributed by atoms with E-state index in [0.29, 0.717) is 3.07 Å². The molecule has 1 aromatic heterocycles. The summed E-state index contributed by atoms with van der Waals surface area (Å²) in [6.45, 7) is 0. The molecule has 0 spiro atoms. The molecule has 0 aliphatic rings. The van der Waals surface area contributed by atoms with E-state index in [-0.39, 0.29) is 11.5 Å². The molecule has 1 rings (SSSR count). The number of furan rings is 1. The molecule has 1 aromatic rings. The Balaban J connectivity index is 3.11. The Kier molecular flexibility index (Phi) is 4.59. The predicted octanol–water partition coefficient (Wildman–Crippen LogP) is 0.714. The van der Waals surface area contributed by atoms with Crippen molar-refractivity contribution in [3.63, 3.8) is 0 Å². The van der Waals surface area contributed by atoms with Crippen molar-refractivity contribution in [3.05, 3.63) is 17.6 Å². The topological polar surface area (TPSA) is 65.7 Å². The summed E-state index contributed by atoms with van der Waals surface area (Å²) in [5, 5.41) is 0. The first-order valence-electron chi connectivity index (χ1n) is 3.99. The molecular weight excluding hydrogens is 412 g/mol. The molecule has 0 aliphatic heterocycles. The standard InChI is InChI=1S/C8H7O5.ClH.Hg/c1-11-7(9)5-3-4-6(13-5)8(10)12-2;;/h3H,1-2H3;1H;/q;;+1/p-1. The molecular formula is C8H7ClHgO5. The van der Waals surface area contributed by atoms with Crippen molar-refractivity contribution in [2.45, 2.75) is 0 Å². The second-order valence-corrected chi connectivity index (χ2v) is 8.93. The quantitative estimate of drug-likeness (QED) is 0.534. The SMILES string of the molecule is COC(=O)c1c[c]([Hg][Cl])c(C(=O)OC)o1. The van der Waals surface area contributed by atoms with Crippen LogP contribution in [0, 0.1) is 0 Å². The van der Waals surface area contributed by atoms with Gasteiger partial charge >= 0.3 is 102 Å².